The Morgan fingerprint density at radius 3 is 2.25 bits per heavy atom. The molecular formula is C20H14ClFOS. The van der Waals surface area contributed by atoms with Gasteiger partial charge in [-0.15, -0.1) is 11.8 Å². The highest BCUT2D eigenvalue weighted by Gasteiger charge is 2.11. The smallest absolute Gasteiger partial charge is 0.193 e. The molecule has 0 saturated carbocycles. The zero-order valence-electron chi connectivity index (χ0n) is 12.7. The third-order valence-electron chi connectivity index (χ3n) is 3.55. The molecule has 0 aliphatic heterocycles. The van der Waals surface area contributed by atoms with Crippen molar-refractivity contribution >= 4 is 29.1 Å². The Balaban J connectivity index is 1.69. The van der Waals surface area contributed by atoms with Gasteiger partial charge in [-0.1, -0.05) is 41.9 Å². The van der Waals surface area contributed by atoms with Crippen LogP contribution in [0.4, 0.5) is 4.39 Å². The van der Waals surface area contributed by atoms with Crippen molar-refractivity contribution < 1.29 is 9.18 Å². The van der Waals surface area contributed by atoms with Crippen molar-refractivity contribution in [2.24, 2.45) is 0 Å². The van der Waals surface area contributed by atoms with E-state index in [-0.39, 0.29) is 10.8 Å². The number of hydrogen-bond acceptors (Lipinski definition) is 2. The maximum atomic E-state index is 13.5. The van der Waals surface area contributed by atoms with E-state index < -0.39 is 5.82 Å². The molecule has 0 saturated heterocycles. The summed E-state index contributed by atoms with van der Waals surface area (Å²) in [5, 5.41) is 0.0132. The van der Waals surface area contributed by atoms with Crippen LogP contribution in [0.3, 0.4) is 0 Å². The van der Waals surface area contributed by atoms with Crippen molar-refractivity contribution in [3.63, 3.8) is 0 Å². The minimum absolute atomic E-state index is 0.0132. The van der Waals surface area contributed by atoms with E-state index in [0.29, 0.717) is 11.1 Å². The number of halogens is 2. The minimum atomic E-state index is -0.586. The van der Waals surface area contributed by atoms with Gasteiger partial charge in [-0.05, 0) is 48.0 Å². The molecule has 0 aliphatic rings. The van der Waals surface area contributed by atoms with Crippen LogP contribution in [0.25, 0.3) is 0 Å². The van der Waals surface area contributed by atoms with Gasteiger partial charge in [0.2, 0.25) is 0 Å². The summed E-state index contributed by atoms with van der Waals surface area (Å²) in [6, 6.07) is 21.6. The van der Waals surface area contributed by atoms with Crippen LogP contribution >= 0.6 is 23.4 Å². The van der Waals surface area contributed by atoms with E-state index in [9.17, 15) is 9.18 Å². The van der Waals surface area contributed by atoms with Crippen LogP contribution in [-0.4, -0.2) is 5.78 Å². The average Bonchev–Trinajstić information content (AvgIpc) is 2.63. The molecule has 1 nitrogen and oxygen atoms in total. The summed E-state index contributed by atoms with van der Waals surface area (Å²) in [6.45, 7) is 0. The topological polar surface area (TPSA) is 17.1 Å². The zero-order valence-corrected chi connectivity index (χ0v) is 14.3. The van der Waals surface area contributed by atoms with E-state index in [1.807, 2.05) is 30.3 Å². The molecule has 0 aliphatic carbocycles. The van der Waals surface area contributed by atoms with Crippen molar-refractivity contribution in [2.75, 3.05) is 0 Å². The largest absolute Gasteiger partial charge is 0.289 e. The summed E-state index contributed by atoms with van der Waals surface area (Å²) >= 11 is 7.35. The molecule has 0 heterocycles. The Hall–Kier alpha value is -2.10. The first-order valence-electron chi connectivity index (χ1n) is 7.40. The Kier molecular flexibility index (Phi) is 5.34. The van der Waals surface area contributed by atoms with Gasteiger partial charge in [0.25, 0.3) is 0 Å². The van der Waals surface area contributed by atoms with E-state index in [1.54, 1.807) is 23.9 Å². The van der Waals surface area contributed by atoms with Crippen LogP contribution in [-0.2, 0) is 5.75 Å². The van der Waals surface area contributed by atoms with Crippen LogP contribution in [0.15, 0.2) is 77.7 Å². The third-order valence-corrected chi connectivity index (χ3v) is 4.94. The molecule has 3 aromatic carbocycles. The molecule has 0 aromatic heterocycles. The Labute approximate surface area is 149 Å². The van der Waals surface area contributed by atoms with Gasteiger partial charge < -0.3 is 0 Å². The first-order chi connectivity index (χ1) is 11.6. The van der Waals surface area contributed by atoms with Crippen LogP contribution in [0.2, 0.25) is 5.02 Å². The summed E-state index contributed by atoms with van der Waals surface area (Å²) in [7, 11) is 0. The average molecular weight is 357 g/mol. The number of thioether (sulfide) groups is 1. The number of carbonyl (C=O) groups excluding carboxylic acids is 1. The molecule has 0 bridgehead atoms. The van der Waals surface area contributed by atoms with Crippen molar-refractivity contribution in [3.8, 4) is 0 Å². The third kappa shape index (κ3) is 4.05. The normalized spacial score (nSPS) is 10.6. The van der Waals surface area contributed by atoms with E-state index in [0.717, 1.165) is 10.6 Å². The maximum Gasteiger partial charge on any atom is 0.193 e. The zero-order chi connectivity index (χ0) is 16.9. The highest BCUT2D eigenvalue weighted by atomic mass is 35.5. The Morgan fingerprint density at radius 1 is 0.917 bits per heavy atom. The second-order valence-electron chi connectivity index (χ2n) is 5.26. The van der Waals surface area contributed by atoms with Crippen LogP contribution in [0, 0.1) is 5.82 Å². The lowest BCUT2D eigenvalue weighted by molar-refractivity contribution is 0.103. The maximum absolute atomic E-state index is 13.5. The van der Waals surface area contributed by atoms with Gasteiger partial charge in [-0.3, -0.25) is 4.79 Å². The molecule has 0 atom stereocenters. The molecule has 0 radical (unpaired) electrons. The fourth-order valence-corrected chi connectivity index (χ4v) is 3.22. The first kappa shape index (κ1) is 16.7. The monoisotopic (exact) mass is 356 g/mol. The van der Waals surface area contributed by atoms with E-state index in [1.165, 1.54) is 23.8 Å². The van der Waals surface area contributed by atoms with Gasteiger partial charge in [0.1, 0.15) is 5.82 Å². The fourth-order valence-electron chi connectivity index (χ4n) is 2.25. The summed E-state index contributed by atoms with van der Waals surface area (Å²) in [5.74, 6) is 0.0685. The van der Waals surface area contributed by atoms with Crippen LogP contribution in [0.1, 0.15) is 21.5 Å². The lowest BCUT2D eigenvalue weighted by Crippen LogP contribution is -2.01. The summed E-state index contributed by atoms with van der Waals surface area (Å²) in [5.41, 5.74) is 2.07. The lowest BCUT2D eigenvalue weighted by atomic mass is 10.0. The first-order valence-corrected chi connectivity index (χ1v) is 8.76. The Morgan fingerprint density at radius 2 is 1.58 bits per heavy atom. The van der Waals surface area contributed by atoms with E-state index in [4.69, 9.17) is 11.6 Å². The Bertz CT molecular complexity index is 847. The van der Waals surface area contributed by atoms with Gasteiger partial charge in [0, 0.05) is 21.8 Å². The highest BCUT2D eigenvalue weighted by Crippen LogP contribution is 2.24. The van der Waals surface area contributed by atoms with Crippen LogP contribution < -0.4 is 0 Å². The van der Waals surface area contributed by atoms with Crippen molar-refractivity contribution in [1.29, 1.82) is 0 Å². The van der Waals surface area contributed by atoms with Crippen molar-refractivity contribution in [1.82, 2.24) is 0 Å². The number of benzene rings is 3. The molecule has 0 amide bonds. The molecule has 4 heteroatoms. The van der Waals surface area contributed by atoms with Gasteiger partial charge in [0.05, 0.1) is 5.02 Å². The SMILES string of the molecule is O=C(c1ccc(SCc2ccccc2)cc1)c1ccc(Cl)c(F)c1. The molecule has 0 fully saturated rings. The second kappa shape index (κ2) is 7.65. The highest BCUT2D eigenvalue weighted by molar-refractivity contribution is 7.98. The number of hydrogen-bond donors (Lipinski definition) is 0. The lowest BCUT2D eigenvalue weighted by Gasteiger charge is -2.05. The number of carbonyl (C=O) groups is 1. The summed E-state index contributed by atoms with van der Waals surface area (Å²) < 4.78 is 13.5. The standard InChI is InChI=1S/C20H14ClFOS/c21-18-11-8-16(12-19(18)22)20(23)15-6-9-17(10-7-15)24-13-14-4-2-1-3-5-14/h1-12H,13H2. The minimum Gasteiger partial charge on any atom is -0.289 e. The molecule has 0 N–H and O–H groups in total. The molecule has 3 aromatic rings. The van der Waals surface area contributed by atoms with E-state index in [2.05, 4.69) is 12.1 Å². The second-order valence-corrected chi connectivity index (χ2v) is 6.71. The fraction of sp³-hybridized carbons (Fsp3) is 0.0500. The molecule has 0 spiro atoms. The van der Waals surface area contributed by atoms with E-state index >= 15 is 0 Å². The molecule has 24 heavy (non-hydrogen) atoms. The molecule has 0 unspecified atom stereocenters. The summed E-state index contributed by atoms with van der Waals surface area (Å²) in [4.78, 5) is 13.5. The summed E-state index contributed by atoms with van der Waals surface area (Å²) in [6.07, 6.45) is 0. The molecule has 120 valence electrons. The van der Waals surface area contributed by atoms with Crippen LogP contribution in [0.5, 0.6) is 0 Å². The quantitative estimate of drug-likeness (QED) is 0.412. The molecular weight excluding hydrogens is 343 g/mol. The predicted molar refractivity (Wildman–Crippen MR) is 97.3 cm³/mol. The predicted octanol–water partition coefficient (Wildman–Crippen LogP) is 6.00. The van der Waals surface area contributed by atoms with Gasteiger partial charge >= 0.3 is 0 Å². The van der Waals surface area contributed by atoms with Gasteiger partial charge in [-0.2, -0.15) is 0 Å². The van der Waals surface area contributed by atoms with Crippen molar-refractivity contribution in [3.05, 3.63) is 100 Å². The van der Waals surface area contributed by atoms with Gasteiger partial charge in [0.15, 0.2) is 5.78 Å². The number of rotatable bonds is 5. The van der Waals surface area contributed by atoms with Gasteiger partial charge in [-0.25, -0.2) is 4.39 Å². The molecule has 3 rings (SSSR count). The van der Waals surface area contributed by atoms with Crippen molar-refractivity contribution in [2.45, 2.75) is 10.6 Å². The number of ketones is 1.